The first-order valence-electron chi connectivity index (χ1n) is 6.18. The van der Waals surface area contributed by atoms with Crippen LogP contribution in [0.25, 0.3) is 0 Å². The summed E-state index contributed by atoms with van der Waals surface area (Å²) in [5.74, 6) is 2.39. The van der Waals surface area contributed by atoms with Gasteiger partial charge in [-0.2, -0.15) is 0 Å². The molecule has 0 saturated carbocycles. The van der Waals surface area contributed by atoms with E-state index in [2.05, 4.69) is 11.2 Å². The van der Waals surface area contributed by atoms with Crippen LogP contribution in [0.15, 0.2) is 24.3 Å². The van der Waals surface area contributed by atoms with Crippen LogP contribution in [0.1, 0.15) is 19.3 Å². The Balaban J connectivity index is 2.26. The van der Waals surface area contributed by atoms with Gasteiger partial charge in [0.2, 0.25) is 5.91 Å². The molecule has 0 unspecified atom stereocenters. The first kappa shape index (κ1) is 15.6. The van der Waals surface area contributed by atoms with Gasteiger partial charge >= 0.3 is 5.97 Å². The van der Waals surface area contributed by atoms with Crippen LogP contribution >= 0.6 is 0 Å². The van der Waals surface area contributed by atoms with Gasteiger partial charge in [0.25, 0.3) is 0 Å². The summed E-state index contributed by atoms with van der Waals surface area (Å²) >= 11 is 0. The Bertz CT molecular complexity index is 488. The first-order valence-corrected chi connectivity index (χ1v) is 6.18. The number of methoxy groups -OCH3 is 1. The van der Waals surface area contributed by atoms with Crippen molar-refractivity contribution < 1.29 is 19.1 Å². The number of nitrogens with one attached hydrogen (secondary N) is 1. The SMILES string of the molecule is C#CCOC(=O)CCCC(=O)Nc1ccc(OC)cc1. The molecule has 0 atom stereocenters. The van der Waals surface area contributed by atoms with E-state index in [9.17, 15) is 9.59 Å². The molecule has 0 aromatic heterocycles. The molecule has 0 saturated heterocycles. The minimum atomic E-state index is -0.389. The minimum Gasteiger partial charge on any atom is -0.497 e. The number of terminal acetylenes is 1. The maximum Gasteiger partial charge on any atom is 0.306 e. The molecule has 1 amide bonds. The topological polar surface area (TPSA) is 64.6 Å². The fraction of sp³-hybridized carbons (Fsp3) is 0.333. The van der Waals surface area contributed by atoms with Crippen molar-refractivity contribution >= 4 is 17.6 Å². The molecule has 1 aromatic rings. The van der Waals surface area contributed by atoms with E-state index in [0.29, 0.717) is 12.1 Å². The molecule has 20 heavy (non-hydrogen) atoms. The highest BCUT2D eigenvalue weighted by Crippen LogP contribution is 2.15. The molecule has 1 N–H and O–H groups in total. The quantitative estimate of drug-likeness (QED) is 0.610. The number of hydrogen-bond donors (Lipinski definition) is 1. The Labute approximate surface area is 118 Å². The van der Waals surface area contributed by atoms with Gasteiger partial charge in [-0.3, -0.25) is 9.59 Å². The molecule has 1 rings (SSSR count). The Morgan fingerprint density at radius 1 is 1.25 bits per heavy atom. The molecule has 0 heterocycles. The third-order valence-electron chi connectivity index (χ3n) is 2.48. The van der Waals surface area contributed by atoms with Crippen LogP contribution < -0.4 is 10.1 Å². The average molecular weight is 275 g/mol. The first-order chi connectivity index (χ1) is 9.65. The molecular weight excluding hydrogens is 258 g/mol. The normalized spacial score (nSPS) is 9.40. The number of ether oxygens (including phenoxy) is 2. The van der Waals surface area contributed by atoms with E-state index in [0.717, 1.165) is 5.75 Å². The minimum absolute atomic E-state index is 0.0309. The lowest BCUT2D eigenvalue weighted by Gasteiger charge is -2.06. The van der Waals surface area contributed by atoms with Crippen molar-refractivity contribution in [1.82, 2.24) is 0 Å². The monoisotopic (exact) mass is 275 g/mol. The molecule has 1 aromatic carbocycles. The van der Waals surface area contributed by atoms with Crippen molar-refractivity contribution in [2.45, 2.75) is 19.3 Å². The van der Waals surface area contributed by atoms with E-state index < -0.39 is 0 Å². The van der Waals surface area contributed by atoms with Gasteiger partial charge < -0.3 is 14.8 Å². The number of amides is 1. The third kappa shape index (κ3) is 5.91. The van der Waals surface area contributed by atoms with Gasteiger partial charge in [-0.05, 0) is 30.7 Å². The van der Waals surface area contributed by atoms with E-state index in [4.69, 9.17) is 15.9 Å². The molecule has 0 aliphatic heterocycles. The van der Waals surface area contributed by atoms with Crippen molar-refractivity contribution in [3.8, 4) is 18.1 Å². The van der Waals surface area contributed by atoms with Crippen LogP contribution in [-0.2, 0) is 14.3 Å². The molecule has 0 spiro atoms. The summed E-state index contributed by atoms with van der Waals surface area (Å²) in [5.41, 5.74) is 0.686. The summed E-state index contributed by atoms with van der Waals surface area (Å²) in [7, 11) is 1.58. The highest BCUT2D eigenvalue weighted by atomic mass is 16.5. The number of carbonyl (C=O) groups is 2. The van der Waals surface area contributed by atoms with Gasteiger partial charge in [-0.1, -0.05) is 5.92 Å². The summed E-state index contributed by atoms with van der Waals surface area (Å²) in [6.07, 6.45) is 5.81. The van der Waals surface area contributed by atoms with E-state index in [1.807, 2.05) is 0 Å². The van der Waals surface area contributed by atoms with Crippen LogP contribution in [0.3, 0.4) is 0 Å². The van der Waals surface area contributed by atoms with E-state index in [1.54, 1.807) is 31.4 Å². The lowest BCUT2D eigenvalue weighted by Crippen LogP contribution is -2.12. The van der Waals surface area contributed by atoms with E-state index in [-0.39, 0.29) is 31.3 Å². The zero-order valence-corrected chi connectivity index (χ0v) is 11.3. The van der Waals surface area contributed by atoms with Crippen molar-refractivity contribution in [3.05, 3.63) is 24.3 Å². The van der Waals surface area contributed by atoms with Crippen molar-refractivity contribution in [2.75, 3.05) is 19.0 Å². The van der Waals surface area contributed by atoms with Gasteiger partial charge in [-0.15, -0.1) is 6.42 Å². The van der Waals surface area contributed by atoms with Crippen LogP contribution in [0, 0.1) is 12.3 Å². The second-order valence-electron chi connectivity index (χ2n) is 4.00. The molecule has 0 fully saturated rings. The molecule has 0 aliphatic rings. The summed E-state index contributed by atoms with van der Waals surface area (Å²) in [4.78, 5) is 22.8. The number of hydrogen-bond acceptors (Lipinski definition) is 4. The van der Waals surface area contributed by atoms with Gasteiger partial charge in [0, 0.05) is 18.5 Å². The van der Waals surface area contributed by atoms with Crippen molar-refractivity contribution in [3.63, 3.8) is 0 Å². The molecular formula is C15H17NO4. The number of anilines is 1. The predicted molar refractivity (Wildman–Crippen MR) is 75.3 cm³/mol. The number of benzene rings is 1. The van der Waals surface area contributed by atoms with Gasteiger partial charge in [0.15, 0.2) is 6.61 Å². The second kappa shape index (κ2) is 8.59. The number of rotatable bonds is 7. The molecule has 0 radical (unpaired) electrons. The average Bonchev–Trinajstić information content (AvgIpc) is 2.46. The molecule has 0 aliphatic carbocycles. The number of esters is 1. The summed E-state index contributed by atoms with van der Waals surface area (Å²) in [5, 5.41) is 2.73. The fourth-order valence-electron chi connectivity index (χ4n) is 1.49. The summed E-state index contributed by atoms with van der Waals surface area (Å²) < 4.78 is 9.72. The standard InChI is InChI=1S/C15H17NO4/c1-3-11-20-15(18)6-4-5-14(17)16-12-7-9-13(19-2)10-8-12/h1,7-10H,4-6,11H2,2H3,(H,16,17). The highest BCUT2D eigenvalue weighted by molar-refractivity contribution is 5.90. The Morgan fingerprint density at radius 3 is 2.55 bits per heavy atom. The molecule has 0 bridgehead atoms. The smallest absolute Gasteiger partial charge is 0.306 e. The molecule has 5 heteroatoms. The van der Waals surface area contributed by atoms with Crippen LogP contribution in [0.5, 0.6) is 5.75 Å². The zero-order valence-electron chi connectivity index (χ0n) is 11.3. The maximum atomic E-state index is 11.6. The Morgan fingerprint density at radius 2 is 1.95 bits per heavy atom. The summed E-state index contributed by atoms with van der Waals surface area (Å²) in [6, 6.07) is 7.01. The Kier molecular flexibility index (Phi) is 6.69. The Hall–Kier alpha value is -2.48. The lowest BCUT2D eigenvalue weighted by molar-refractivity contribution is -0.142. The largest absolute Gasteiger partial charge is 0.497 e. The maximum absolute atomic E-state index is 11.6. The van der Waals surface area contributed by atoms with E-state index in [1.165, 1.54) is 0 Å². The van der Waals surface area contributed by atoms with E-state index >= 15 is 0 Å². The van der Waals surface area contributed by atoms with Gasteiger partial charge in [0.1, 0.15) is 5.75 Å². The lowest BCUT2D eigenvalue weighted by atomic mass is 10.2. The van der Waals surface area contributed by atoms with Crippen LogP contribution in [0.2, 0.25) is 0 Å². The van der Waals surface area contributed by atoms with Crippen molar-refractivity contribution in [1.29, 1.82) is 0 Å². The van der Waals surface area contributed by atoms with Crippen molar-refractivity contribution in [2.24, 2.45) is 0 Å². The third-order valence-corrected chi connectivity index (χ3v) is 2.48. The van der Waals surface area contributed by atoms with Crippen LogP contribution in [-0.4, -0.2) is 25.6 Å². The zero-order chi connectivity index (χ0) is 14.8. The summed E-state index contributed by atoms with van der Waals surface area (Å²) in [6.45, 7) is -0.0309. The molecule has 5 nitrogen and oxygen atoms in total. The number of carbonyl (C=O) groups excluding carboxylic acids is 2. The molecule has 106 valence electrons. The second-order valence-corrected chi connectivity index (χ2v) is 4.00. The van der Waals surface area contributed by atoms with Crippen LogP contribution in [0.4, 0.5) is 5.69 Å². The predicted octanol–water partition coefficient (Wildman–Crippen LogP) is 1.98. The highest BCUT2D eigenvalue weighted by Gasteiger charge is 2.06. The van der Waals surface area contributed by atoms with Gasteiger partial charge in [0.05, 0.1) is 7.11 Å². The fourth-order valence-corrected chi connectivity index (χ4v) is 1.49. The van der Waals surface area contributed by atoms with Gasteiger partial charge in [-0.25, -0.2) is 0 Å².